The Balaban J connectivity index is 2.73. The third-order valence-electron chi connectivity index (χ3n) is 2.40. The Morgan fingerprint density at radius 3 is 2.81 bits per heavy atom. The zero-order chi connectivity index (χ0) is 12.1. The van der Waals surface area contributed by atoms with Gasteiger partial charge in [-0.25, -0.2) is 0 Å². The zero-order valence-electron chi connectivity index (χ0n) is 9.44. The summed E-state index contributed by atoms with van der Waals surface area (Å²) in [6.45, 7) is 5.02. The second-order valence-electron chi connectivity index (χ2n) is 3.71. The van der Waals surface area contributed by atoms with Gasteiger partial charge in [-0.15, -0.1) is 11.3 Å². The summed E-state index contributed by atoms with van der Waals surface area (Å²) in [6.07, 6.45) is 0.962. The molecule has 90 valence electrons. The lowest BCUT2D eigenvalue weighted by molar-refractivity contribution is -0.138. The second-order valence-corrected chi connectivity index (χ2v) is 5.57. The molecule has 0 amide bonds. The summed E-state index contributed by atoms with van der Waals surface area (Å²) < 4.78 is 1.06. The van der Waals surface area contributed by atoms with Gasteiger partial charge >= 0.3 is 5.97 Å². The molecule has 0 aliphatic heterocycles. The van der Waals surface area contributed by atoms with Gasteiger partial charge in [-0.3, -0.25) is 9.69 Å². The lowest BCUT2D eigenvalue weighted by Crippen LogP contribution is -2.32. The van der Waals surface area contributed by atoms with Gasteiger partial charge in [-0.05, 0) is 41.9 Å². The molecule has 1 rings (SSSR count). The molecule has 5 heteroatoms. The molecule has 0 spiro atoms. The minimum atomic E-state index is -0.768. The summed E-state index contributed by atoms with van der Waals surface area (Å²) in [5.74, 6) is -0.768. The normalized spacial score (nSPS) is 13.0. The fourth-order valence-corrected chi connectivity index (χ4v) is 3.13. The first kappa shape index (κ1) is 13.7. The smallest absolute Gasteiger partial charge is 0.317 e. The van der Waals surface area contributed by atoms with E-state index in [1.165, 1.54) is 4.88 Å². The van der Waals surface area contributed by atoms with E-state index in [1.807, 2.05) is 10.3 Å². The van der Waals surface area contributed by atoms with Crippen LogP contribution in [0.25, 0.3) is 0 Å². The molecule has 1 N–H and O–H groups in total. The lowest BCUT2D eigenvalue weighted by atomic mass is 10.2. The van der Waals surface area contributed by atoms with Crippen LogP contribution in [0.2, 0.25) is 0 Å². The quantitative estimate of drug-likeness (QED) is 0.876. The van der Waals surface area contributed by atoms with Crippen molar-refractivity contribution >= 4 is 33.2 Å². The van der Waals surface area contributed by atoms with E-state index in [0.29, 0.717) is 0 Å². The van der Waals surface area contributed by atoms with Crippen molar-refractivity contribution < 1.29 is 9.90 Å². The SMILES string of the molecule is CCCN(CC(=O)O)C(C)c1cc(Br)cs1. The van der Waals surface area contributed by atoms with Crippen molar-refractivity contribution in [1.29, 1.82) is 0 Å². The van der Waals surface area contributed by atoms with Crippen molar-refractivity contribution in [2.24, 2.45) is 0 Å². The van der Waals surface area contributed by atoms with Crippen LogP contribution in [-0.4, -0.2) is 29.1 Å². The van der Waals surface area contributed by atoms with Crippen LogP contribution in [0.15, 0.2) is 15.9 Å². The monoisotopic (exact) mass is 305 g/mol. The summed E-state index contributed by atoms with van der Waals surface area (Å²) in [7, 11) is 0. The van der Waals surface area contributed by atoms with Crippen LogP contribution in [0.5, 0.6) is 0 Å². The zero-order valence-corrected chi connectivity index (χ0v) is 11.8. The Hall–Kier alpha value is -0.390. The summed E-state index contributed by atoms with van der Waals surface area (Å²) in [4.78, 5) is 14.0. The van der Waals surface area contributed by atoms with Crippen LogP contribution in [0.3, 0.4) is 0 Å². The van der Waals surface area contributed by atoms with E-state index < -0.39 is 5.97 Å². The standard InChI is InChI=1S/C11H16BrNO2S/c1-3-4-13(6-11(14)15)8(2)10-5-9(12)7-16-10/h5,7-8H,3-4,6H2,1-2H3,(H,14,15). The van der Waals surface area contributed by atoms with E-state index in [1.54, 1.807) is 11.3 Å². The Kier molecular flexibility index (Phi) is 5.44. The second kappa shape index (κ2) is 6.37. The van der Waals surface area contributed by atoms with Gasteiger partial charge in [0.1, 0.15) is 0 Å². The van der Waals surface area contributed by atoms with Gasteiger partial charge < -0.3 is 5.11 Å². The molecule has 0 bridgehead atoms. The van der Waals surface area contributed by atoms with Gasteiger partial charge in [0.15, 0.2) is 0 Å². The third kappa shape index (κ3) is 3.88. The first-order valence-corrected chi connectivity index (χ1v) is 6.91. The molecular formula is C11H16BrNO2S. The van der Waals surface area contributed by atoms with Gasteiger partial charge in [0.2, 0.25) is 0 Å². The molecule has 16 heavy (non-hydrogen) atoms. The van der Waals surface area contributed by atoms with Crippen LogP contribution < -0.4 is 0 Å². The van der Waals surface area contributed by atoms with Crippen LogP contribution in [0.1, 0.15) is 31.2 Å². The summed E-state index contributed by atoms with van der Waals surface area (Å²) in [5, 5.41) is 10.9. The molecule has 0 radical (unpaired) electrons. The molecule has 0 fully saturated rings. The van der Waals surface area contributed by atoms with Gasteiger partial charge in [0.25, 0.3) is 0 Å². The van der Waals surface area contributed by atoms with Crippen LogP contribution >= 0.6 is 27.3 Å². The molecule has 0 aliphatic rings. The molecule has 0 aliphatic carbocycles. The topological polar surface area (TPSA) is 40.5 Å². The van der Waals surface area contributed by atoms with Gasteiger partial charge in [-0.2, -0.15) is 0 Å². The highest BCUT2D eigenvalue weighted by molar-refractivity contribution is 9.10. The number of aliphatic carboxylic acids is 1. The Bertz CT molecular complexity index is 354. The number of rotatable bonds is 6. The molecular weight excluding hydrogens is 290 g/mol. The average Bonchev–Trinajstić information content (AvgIpc) is 2.62. The van der Waals surface area contributed by atoms with E-state index in [4.69, 9.17) is 5.11 Å². The molecule has 3 nitrogen and oxygen atoms in total. The predicted molar refractivity (Wildman–Crippen MR) is 69.9 cm³/mol. The van der Waals surface area contributed by atoms with Crippen molar-refractivity contribution in [2.45, 2.75) is 26.3 Å². The minimum Gasteiger partial charge on any atom is -0.480 e. The number of thiophene rings is 1. The van der Waals surface area contributed by atoms with Crippen molar-refractivity contribution in [3.8, 4) is 0 Å². The largest absolute Gasteiger partial charge is 0.480 e. The van der Waals surface area contributed by atoms with Gasteiger partial charge in [0.05, 0.1) is 6.54 Å². The molecule has 0 saturated carbocycles. The molecule has 1 heterocycles. The van der Waals surface area contributed by atoms with Crippen molar-refractivity contribution in [3.63, 3.8) is 0 Å². The first-order valence-electron chi connectivity index (χ1n) is 5.24. The predicted octanol–water partition coefficient (Wildman–Crippen LogP) is 3.37. The van der Waals surface area contributed by atoms with Crippen LogP contribution in [0, 0.1) is 0 Å². The maximum atomic E-state index is 10.8. The average molecular weight is 306 g/mol. The molecule has 1 aromatic rings. The van der Waals surface area contributed by atoms with Crippen molar-refractivity contribution in [2.75, 3.05) is 13.1 Å². The first-order chi connectivity index (χ1) is 7.54. The van der Waals surface area contributed by atoms with Crippen LogP contribution in [-0.2, 0) is 4.79 Å². The number of carboxylic acid groups (broad SMARTS) is 1. The number of hydrogen-bond acceptors (Lipinski definition) is 3. The summed E-state index contributed by atoms with van der Waals surface area (Å²) >= 11 is 5.07. The Labute approximate surface area is 108 Å². The molecule has 0 saturated heterocycles. The van der Waals surface area contributed by atoms with Gasteiger partial charge in [0, 0.05) is 20.8 Å². The third-order valence-corrected chi connectivity index (χ3v) is 4.26. The maximum Gasteiger partial charge on any atom is 0.317 e. The van der Waals surface area contributed by atoms with Crippen molar-refractivity contribution in [1.82, 2.24) is 4.90 Å². The highest BCUT2D eigenvalue weighted by Gasteiger charge is 2.18. The number of nitrogens with zero attached hydrogens (tertiary/aromatic N) is 1. The Morgan fingerprint density at radius 1 is 1.69 bits per heavy atom. The number of halogens is 1. The summed E-state index contributed by atoms with van der Waals surface area (Å²) in [6, 6.07) is 2.21. The fraction of sp³-hybridized carbons (Fsp3) is 0.545. The number of carboxylic acids is 1. The Morgan fingerprint density at radius 2 is 2.38 bits per heavy atom. The van der Waals surface area contributed by atoms with E-state index in [0.717, 1.165) is 17.4 Å². The molecule has 1 unspecified atom stereocenters. The molecule has 1 aromatic heterocycles. The van der Waals surface area contributed by atoms with E-state index in [2.05, 4.69) is 35.8 Å². The maximum absolute atomic E-state index is 10.8. The lowest BCUT2D eigenvalue weighted by Gasteiger charge is -2.26. The van der Waals surface area contributed by atoms with E-state index >= 15 is 0 Å². The van der Waals surface area contributed by atoms with Crippen molar-refractivity contribution in [3.05, 3.63) is 20.8 Å². The molecule has 1 atom stereocenters. The minimum absolute atomic E-state index is 0.102. The fourth-order valence-electron chi connectivity index (χ4n) is 1.60. The van der Waals surface area contributed by atoms with E-state index in [-0.39, 0.29) is 12.6 Å². The van der Waals surface area contributed by atoms with E-state index in [9.17, 15) is 4.79 Å². The van der Waals surface area contributed by atoms with Crippen LogP contribution in [0.4, 0.5) is 0 Å². The van der Waals surface area contributed by atoms with Gasteiger partial charge in [-0.1, -0.05) is 6.92 Å². The highest BCUT2D eigenvalue weighted by atomic mass is 79.9. The highest BCUT2D eigenvalue weighted by Crippen LogP contribution is 2.29. The number of hydrogen-bond donors (Lipinski definition) is 1. The molecule has 0 aromatic carbocycles. The summed E-state index contributed by atoms with van der Waals surface area (Å²) in [5.41, 5.74) is 0. The number of carbonyl (C=O) groups is 1.